The molecule has 6 nitrogen and oxygen atoms in total. The number of carbonyl (C=O) groups excluding carboxylic acids is 2. The van der Waals surface area contributed by atoms with Gasteiger partial charge in [-0.05, 0) is 24.1 Å². The number of Topliss-reactive ketones (excluding diaryl/α,β-unsaturated/α-hetero) is 1. The maximum Gasteiger partial charge on any atom is 0.301 e. The molecule has 2 aromatic carbocycles. The summed E-state index contributed by atoms with van der Waals surface area (Å²) in [6.45, 7) is 2.67. The Hall–Kier alpha value is -3.45. The topological polar surface area (TPSA) is 79.7 Å². The maximum absolute atomic E-state index is 13.0. The molecule has 2 heterocycles. The summed E-state index contributed by atoms with van der Waals surface area (Å²) >= 11 is 1.26. The summed E-state index contributed by atoms with van der Waals surface area (Å²) < 4.78 is 5.83. The number of hydrogen-bond donors (Lipinski definition) is 1. The predicted octanol–water partition coefficient (Wildman–Crippen LogP) is 4.95. The number of benzene rings is 2. The number of nitrogens with zero attached hydrogens (tertiary/aromatic N) is 2. The summed E-state index contributed by atoms with van der Waals surface area (Å²) in [5.41, 5.74) is 1.18. The zero-order chi connectivity index (χ0) is 21.8. The van der Waals surface area contributed by atoms with Crippen LogP contribution in [0.4, 0.5) is 5.13 Å². The highest BCUT2D eigenvalue weighted by Crippen LogP contribution is 2.43. The molecule has 31 heavy (non-hydrogen) atoms. The molecular formula is C24H22N2O4S. The minimum atomic E-state index is -0.805. The van der Waals surface area contributed by atoms with Gasteiger partial charge in [0.2, 0.25) is 0 Å². The molecule has 1 aliphatic heterocycles. The quantitative estimate of drug-likeness (QED) is 0.246. The van der Waals surface area contributed by atoms with Crippen LogP contribution in [0.1, 0.15) is 36.9 Å². The Morgan fingerprint density at radius 1 is 1.16 bits per heavy atom. The fraction of sp³-hybridized carbons (Fsp3) is 0.208. The van der Waals surface area contributed by atoms with Crippen molar-refractivity contribution in [1.82, 2.24) is 4.98 Å². The van der Waals surface area contributed by atoms with E-state index in [0.29, 0.717) is 28.6 Å². The van der Waals surface area contributed by atoms with Crippen LogP contribution in [0, 0.1) is 0 Å². The van der Waals surface area contributed by atoms with Crippen molar-refractivity contribution in [2.24, 2.45) is 0 Å². The number of aliphatic hydroxyl groups excluding tert-OH is 1. The first-order valence-corrected chi connectivity index (χ1v) is 11.0. The normalized spacial score (nSPS) is 17.8. The van der Waals surface area contributed by atoms with Crippen molar-refractivity contribution in [2.45, 2.75) is 25.8 Å². The van der Waals surface area contributed by atoms with Gasteiger partial charge in [0.1, 0.15) is 11.5 Å². The number of unbranched alkanes of at least 4 members (excludes halogenated alkanes) is 1. The Kier molecular flexibility index (Phi) is 6.13. The first-order valence-electron chi connectivity index (χ1n) is 10.1. The highest BCUT2D eigenvalue weighted by molar-refractivity contribution is 7.14. The van der Waals surface area contributed by atoms with Crippen molar-refractivity contribution in [1.29, 1.82) is 0 Å². The lowest BCUT2D eigenvalue weighted by atomic mass is 9.95. The second-order valence-corrected chi connectivity index (χ2v) is 8.00. The van der Waals surface area contributed by atoms with Crippen molar-refractivity contribution in [3.05, 3.63) is 82.9 Å². The van der Waals surface area contributed by atoms with E-state index in [1.54, 1.807) is 35.8 Å². The third-order valence-electron chi connectivity index (χ3n) is 5.06. The van der Waals surface area contributed by atoms with Gasteiger partial charge in [0.05, 0.1) is 18.2 Å². The molecule has 1 unspecified atom stereocenters. The number of anilines is 1. The number of ketones is 1. The molecule has 4 rings (SSSR count). The summed E-state index contributed by atoms with van der Waals surface area (Å²) in [4.78, 5) is 31.6. The Balaban J connectivity index is 1.84. The molecule has 0 radical (unpaired) electrons. The van der Waals surface area contributed by atoms with Crippen LogP contribution >= 0.6 is 11.3 Å². The monoisotopic (exact) mass is 434 g/mol. The first kappa shape index (κ1) is 20.8. The molecule has 0 bridgehead atoms. The number of carbonyl (C=O) groups is 2. The average Bonchev–Trinajstić information content (AvgIpc) is 3.41. The minimum Gasteiger partial charge on any atom is -0.507 e. The van der Waals surface area contributed by atoms with Crippen molar-refractivity contribution in [3.63, 3.8) is 0 Å². The molecule has 1 aromatic heterocycles. The van der Waals surface area contributed by atoms with E-state index in [2.05, 4.69) is 11.9 Å². The van der Waals surface area contributed by atoms with Crippen LogP contribution < -0.4 is 9.64 Å². The van der Waals surface area contributed by atoms with Gasteiger partial charge in [0, 0.05) is 17.1 Å². The zero-order valence-electron chi connectivity index (χ0n) is 17.0. The van der Waals surface area contributed by atoms with E-state index in [9.17, 15) is 14.7 Å². The number of rotatable bonds is 7. The number of aromatic nitrogens is 1. The van der Waals surface area contributed by atoms with Gasteiger partial charge in [-0.1, -0.05) is 55.8 Å². The molecule has 1 saturated heterocycles. The minimum absolute atomic E-state index is 0.0390. The van der Waals surface area contributed by atoms with Crippen LogP contribution in [0.2, 0.25) is 0 Å². The van der Waals surface area contributed by atoms with Crippen LogP contribution in [0.15, 0.2) is 71.7 Å². The Labute approximate surface area is 184 Å². The van der Waals surface area contributed by atoms with E-state index >= 15 is 0 Å². The second-order valence-electron chi connectivity index (χ2n) is 7.12. The Morgan fingerprint density at radius 3 is 2.68 bits per heavy atom. The van der Waals surface area contributed by atoms with E-state index in [1.807, 2.05) is 30.3 Å². The summed E-state index contributed by atoms with van der Waals surface area (Å²) in [7, 11) is 0. The van der Waals surface area contributed by atoms with E-state index in [-0.39, 0.29) is 11.3 Å². The van der Waals surface area contributed by atoms with Gasteiger partial charge in [0.25, 0.3) is 5.78 Å². The highest BCUT2D eigenvalue weighted by Gasteiger charge is 2.48. The van der Waals surface area contributed by atoms with Crippen molar-refractivity contribution in [3.8, 4) is 5.75 Å². The van der Waals surface area contributed by atoms with Crippen molar-refractivity contribution >= 4 is 33.9 Å². The van der Waals surface area contributed by atoms with E-state index in [0.717, 1.165) is 12.8 Å². The van der Waals surface area contributed by atoms with Gasteiger partial charge in [-0.25, -0.2) is 4.98 Å². The van der Waals surface area contributed by atoms with Crippen LogP contribution in [-0.2, 0) is 9.59 Å². The molecule has 158 valence electrons. The van der Waals surface area contributed by atoms with Crippen LogP contribution in [0.5, 0.6) is 5.75 Å². The van der Waals surface area contributed by atoms with Gasteiger partial charge < -0.3 is 9.84 Å². The van der Waals surface area contributed by atoms with E-state index in [4.69, 9.17) is 4.74 Å². The summed E-state index contributed by atoms with van der Waals surface area (Å²) in [5, 5.41) is 13.2. The molecule has 1 fully saturated rings. The SMILES string of the molecule is CCCCOc1cccc(C2/C(=C(\O)c3ccccc3)C(=O)C(=O)N2c2nccs2)c1. The van der Waals surface area contributed by atoms with Gasteiger partial charge in [-0.2, -0.15) is 0 Å². The molecule has 0 aliphatic carbocycles. The van der Waals surface area contributed by atoms with Crippen LogP contribution in [-0.4, -0.2) is 28.4 Å². The molecule has 0 saturated carbocycles. The largest absolute Gasteiger partial charge is 0.507 e. The van der Waals surface area contributed by atoms with Gasteiger partial charge in [-0.15, -0.1) is 11.3 Å². The lowest BCUT2D eigenvalue weighted by Gasteiger charge is -2.23. The van der Waals surface area contributed by atoms with Crippen LogP contribution in [0.25, 0.3) is 5.76 Å². The maximum atomic E-state index is 13.0. The lowest BCUT2D eigenvalue weighted by Crippen LogP contribution is -2.29. The first-order chi connectivity index (χ1) is 15.1. The van der Waals surface area contributed by atoms with Gasteiger partial charge >= 0.3 is 5.91 Å². The number of thiazole rings is 1. The van der Waals surface area contributed by atoms with E-state index < -0.39 is 17.7 Å². The average molecular weight is 435 g/mol. The standard InChI is InChI=1S/C24H22N2O4S/c1-2-3-13-30-18-11-7-10-17(15-18)20-19(21(27)16-8-5-4-6-9-16)22(28)23(29)26(20)24-25-12-14-31-24/h4-12,14-15,20,27H,2-3,13H2,1H3/b21-19+. The highest BCUT2D eigenvalue weighted by atomic mass is 32.1. The van der Waals surface area contributed by atoms with E-state index in [1.165, 1.54) is 16.2 Å². The third kappa shape index (κ3) is 4.09. The summed E-state index contributed by atoms with van der Waals surface area (Å²) in [6, 6.07) is 15.2. The third-order valence-corrected chi connectivity index (χ3v) is 5.83. The zero-order valence-corrected chi connectivity index (χ0v) is 17.8. The predicted molar refractivity (Wildman–Crippen MR) is 120 cm³/mol. The number of aliphatic hydroxyl groups is 1. The fourth-order valence-corrected chi connectivity index (χ4v) is 4.21. The number of amides is 1. The molecule has 3 aromatic rings. The Bertz CT molecular complexity index is 1110. The molecule has 1 aliphatic rings. The van der Waals surface area contributed by atoms with Gasteiger partial charge in [-0.3, -0.25) is 14.5 Å². The molecule has 1 atom stereocenters. The molecule has 0 spiro atoms. The number of ether oxygens (including phenoxy) is 1. The second kappa shape index (κ2) is 9.14. The fourth-order valence-electron chi connectivity index (χ4n) is 3.54. The molecule has 1 N–H and O–H groups in total. The summed E-state index contributed by atoms with van der Waals surface area (Å²) in [6.07, 6.45) is 3.52. The molecule has 7 heteroatoms. The number of hydrogen-bond acceptors (Lipinski definition) is 6. The molecule has 1 amide bonds. The van der Waals surface area contributed by atoms with Crippen molar-refractivity contribution in [2.75, 3.05) is 11.5 Å². The van der Waals surface area contributed by atoms with Crippen molar-refractivity contribution < 1.29 is 19.4 Å². The summed E-state index contributed by atoms with van der Waals surface area (Å²) in [5.74, 6) is -1.01. The van der Waals surface area contributed by atoms with Crippen LogP contribution in [0.3, 0.4) is 0 Å². The lowest BCUT2D eigenvalue weighted by molar-refractivity contribution is -0.132. The smallest absolute Gasteiger partial charge is 0.301 e. The van der Waals surface area contributed by atoms with Gasteiger partial charge in [0.15, 0.2) is 5.13 Å². The molecular weight excluding hydrogens is 412 g/mol. The Morgan fingerprint density at radius 2 is 1.97 bits per heavy atom.